The van der Waals surface area contributed by atoms with Crippen LogP contribution in [0.25, 0.3) is 11.3 Å². The molecular weight excluding hydrogens is 394 g/mol. The van der Waals surface area contributed by atoms with Gasteiger partial charge in [-0.2, -0.15) is 0 Å². The van der Waals surface area contributed by atoms with Crippen molar-refractivity contribution in [1.29, 1.82) is 0 Å². The topological polar surface area (TPSA) is 60.4 Å². The van der Waals surface area contributed by atoms with E-state index in [0.717, 1.165) is 40.2 Å². The molecule has 0 fully saturated rings. The second-order valence-electron chi connectivity index (χ2n) is 8.30. The summed E-state index contributed by atoms with van der Waals surface area (Å²) in [6.45, 7) is 10.8. The van der Waals surface area contributed by atoms with Crippen LogP contribution in [0.1, 0.15) is 50.8 Å². The van der Waals surface area contributed by atoms with Crippen LogP contribution in [0.3, 0.4) is 0 Å². The quantitative estimate of drug-likeness (QED) is 0.304. The minimum absolute atomic E-state index is 0.105. The smallest absolute Gasteiger partial charge is 0.270 e. The number of non-ortho nitro benzene ring substituents is 1. The summed E-state index contributed by atoms with van der Waals surface area (Å²) in [5, 5.41) is 13.3. The van der Waals surface area contributed by atoms with E-state index in [1.165, 1.54) is 11.6 Å². The van der Waals surface area contributed by atoms with Crippen LogP contribution in [0, 0.1) is 29.9 Å². The Kier molecular flexibility index (Phi) is 6.87. The maximum atomic E-state index is 11.3. The number of aromatic nitrogens is 1. The van der Waals surface area contributed by atoms with Gasteiger partial charge in [-0.25, -0.2) is 4.99 Å². The highest BCUT2D eigenvalue weighted by Gasteiger charge is 2.17. The summed E-state index contributed by atoms with van der Waals surface area (Å²) in [6.07, 6.45) is 2.14. The van der Waals surface area contributed by atoms with Crippen molar-refractivity contribution >= 4 is 22.7 Å². The van der Waals surface area contributed by atoms with E-state index in [9.17, 15) is 10.1 Å². The number of nitro benzene ring substituents is 1. The number of aryl methyl sites for hydroxylation is 2. The summed E-state index contributed by atoms with van der Waals surface area (Å²) in [4.78, 5) is 16.8. The Morgan fingerprint density at radius 1 is 1.10 bits per heavy atom. The molecule has 0 bridgehead atoms. The molecule has 0 N–H and O–H groups in total. The first-order chi connectivity index (χ1) is 14.3. The molecule has 3 rings (SSSR count). The van der Waals surface area contributed by atoms with Gasteiger partial charge in [0.25, 0.3) is 5.69 Å². The zero-order valence-corrected chi connectivity index (χ0v) is 19.1. The highest BCUT2D eigenvalue weighted by atomic mass is 32.1. The molecule has 5 nitrogen and oxygen atoms in total. The summed E-state index contributed by atoms with van der Waals surface area (Å²) in [6, 6.07) is 13.4. The monoisotopic (exact) mass is 423 g/mol. The van der Waals surface area contributed by atoms with Crippen molar-refractivity contribution in [3.63, 3.8) is 0 Å². The normalized spacial score (nSPS) is 13.1. The zero-order valence-electron chi connectivity index (χ0n) is 18.3. The van der Waals surface area contributed by atoms with E-state index in [1.807, 2.05) is 6.07 Å². The maximum absolute atomic E-state index is 11.3. The highest BCUT2D eigenvalue weighted by molar-refractivity contribution is 7.07. The van der Waals surface area contributed by atoms with Crippen molar-refractivity contribution < 1.29 is 4.92 Å². The van der Waals surface area contributed by atoms with E-state index in [2.05, 4.69) is 62.8 Å². The van der Waals surface area contributed by atoms with Gasteiger partial charge in [-0.05, 0) is 51.2 Å². The van der Waals surface area contributed by atoms with Crippen molar-refractivity contribution in [2.45, 2.75) is 53.5 Å². The van der Waals surface area contributed by atoms with Crippen molar-refractivity contribution in [1.82, 2.24) is 4.57 Å². The Balaban J connectivity index is 2.15. The molecule has 0 aliphatic heterocycles. The van der Waals surface area contributed by atoms with Crippen molar-refractivity contribution in [2.75, 3.05) is 0 Å². The Labute approximate surface area is 181 Å². The fourth-order valence-electron chi connectivity index (χ4n) is 3.55. The van der Waals surface area contributed by atoms with Crippen LogP contribution in [0.4, 0.5) is 11.4 Å². The number of hydrogen-bond donors (Lipinski definition) is 0. The van der Waals surface area contributed by atoms with Crippen LogP contribution in [0.15, 0.2) is 52.8 Å². The number of benzene rings is 2. The van der Waals surface area contributed by atoms with Gasteiger partial charge in [-0.1, -0.05) is 43.7 Å². The Hall–Kier alpha value is -2.73. The van der Waals surface area contributed by atoms with Crippen molar-refractivity contribution in [3.05, 3.63) is 73.9 Å². The summed E-state index contributed by atoms with van der Waals surface area (Å²) in [5.41, 5.74) is 5.24. The first kappa shape index (κ1) is 22.0. The number of nitrogens with zero attached hydrogens (tertiary/aromatic N) is 3. The van der Waals surface area contributed by atoms with Crippen LogP contribution >= 0.6 is 11.3 Å². The van der Waals surface area contributed by atoms with Crippen LogP contribution in [-0.2, 0) is 0 Å². The molecule has 0 aliphatic carbocycles. The third-order valence-corrected chi connectivity index (χ3v) is 6.11. The van der Waals surface area contributed by atoms with Gasteiger partial charge in [0.05, 0.1) is 16.3 Å². The average Bonchev–Trinajstić information content (AvgIpc) is 3.12. The van der Waals surface area contributed by atoms with Gasteiger partial charge < -0.3 is 4.57 Å². The van der Waals surface area contributed by atoms with Gasteiger partial charge in [0.1, 0.15) is 0 Å². The lowest BCUT2D eigenvalue weighted by Gasteiger charge is -2.18. The molecule has 158 valence electrons. The molecular formula is C24H29N3O2S. The van der Waals surface area contributed by atoms with Crippen molar-refractivity contribution in [3.8, 4) is 11.3 Å². The van der Waals surface area contributed by atoms with Crippen LogP contribution in [-0.4, -0.2) is 9.49 Å². The molecule has 0 saturated carbocycles. The molecule has 0 radical (unpaired) electrons. The molecule has 1 unspecified atom stereocenters. The number of rotatable bonds is 7. The second kappa shape index (κ2) is 9.39. The summed E-state index contributed by atoms with van der Waals surface area (Å²) >= 11 is 1.58. The van der Waals surface area contributed by atoms with E-state index < -0.39 is 0 Å². The summed E-state index contributed by atoms with van der Waals surface area (Å²) < 4.78 is 2.24. The van der Waals surface area contributed by atoms with Gasteiger partial charge >= 0.3 is 0 Å². The van der Waals surface area contributed by atoms with Crippen molar-refractivity contribution in [2.24, 2.45) is 10.9 Å². The Bertz CT molecular complexity index is 1110. The predicted molar refractivity (Wildman–Crippen MR) is 124 cm³/mol. The minimum atomic E-state index is -0.344. The Morgan fingerprint density at radius 2 is 1.87 bits per heavy atom. The molecule has 0 amide bonds. The molecule has 6 heteroatoms. The minimum Gasteiger partial charge on any atom is -0.314 e. The third-order valence-electron chi connectivity index (χ3n) is 5.27. The van der Waals surface area contributed by atoms with E-state index in [-0.39, 0.29) is 16.7 Å². The van der Waals surface area contributed by atoms with E-state index >= 15 is 0 Å². The van der Waals surface area contributed by atoms with Gasteiger partial charge in [0.2, 0.25) is 0 Å². The van der Waals surface area contributed by atoms with Gasteiger partial charge in [-0.3, -0.25) is 10.1 Å². The molecule has 0 spiro atoms. The standard InChI is InChI=1S/C24H29N3O2S/c1-16(2)9-11-19(5)26-23(20-7-6-8-21(14-20)27(28)29)15-30-24(26)25-22-12-10-17(3)13-18(22)4/h6-8,10,12-16,19H,9,11H2,1-5H3. The SMILES string of the molecule is Cc1ccc(N=c2scc(-c3cccc([N+](=O)[O-])c3)n2C(C)CCC(C)C)c(C)c1. The molecule has 3 aromatic rings. The summed E-state index contributed by atoms with van der Waals surface area (Å²) in [5.74, 6) is 0.618. The lowest BCUT2D eigenvalue weighted by molar-refractivity contribution is -0.384. The van der Waals surface area contributed by atoms with Gasteiger partial charge in [-0.15, -0.1) is 11.3 Å². The Morgan fingerprint density at radius 3 is 2.53 bits per heavy atom. The first-order valence-corrected chi connectivity index (χ1v) is 11.2. The molecule has 1 heterocycles. The number of nitro groups is 1. The van der Waals surface area contributed by atoms with Gasteiger partial charge in [0, 0.05) is 29.1 Å². The molecule has 0 aliphatic rings. The first-order valence-electron chi connectivity index (χ1n) is 10.3. The molecule has 2 aromatic carbocycles. The number of hydrogen-bond acceptors (Lipinski definition) is 4. The zero-order chi connectivity index (χ0) is 21.8. The van der Waals surface area contributed by atoms with Crippen LogP contribution in [0.2, 0.25) is 0 Å². The molecule has 0 saturated heterocycles. The lowest BCUT2D eigenvalue weighted by atomic mass is 10.0. The number of thiazole rings is 1. The average molecular weight is 424 g/mol. The largest absolute Gasteiger partial charge is 0.314 e. The van der Waals surface area contributed by atoms with E-state index in [1.54, 1.807) is 23.5 Å². The lowest BCUT2D eigenvalue weighted by Crippen LogP contribution is -2.20. The van der Waals surface area contributed by atoms with E-state index in [0.29, 0.717) is 5.92 Å². The molecule has 1 atom stereocenters. The maximum Gasteiger partial charge on any atom is 0.270 e. The predicted octanol–water partition coefficient (Wildman–Crippen LogP) is 6.97. The fourth-order valence-corrected chi connectivity index (χ4v) is 4.56. The second-order valence-corrected chi connectivity index (χ2v) is 9.14. The van der Waals surface area contributed by atoms with Crippen LogP contribution < -0.4 is 4.80 Å². The van der Waals surface area contributed by atoms with Crippen LogP contribution in [0.5, 0.6) is 0 Å². The third kappa shape index (κ3) is 5.05. The van der Waals surface area contributed by atoms with Gasteiger partial charge in [0.15, 0.2) is 4.80 Å². The molecule has 30 heavy (non-hydrogen) atoms. The molecule has 1 aromatic heterocycles. The van der Waals surface area contributed by atoms with E-state index in [4.69, 9.17) is 4.99 Å². The highest BCUT2D eigenvalue weighted by Crippen LogP contribution is 2.29. The fraction of sp³-hybridized carbons (Fsp3) is 0.375. The summed E-state index contributed by atoms with van der Waals surface area (Å²) in [7, 11) is 0.